The van der Waals surface area contributed by atoms with Crippen molar-refractivity contribution in [3.05, 3.63) is 65.7 Å². The van der Waals surface area contributed by atoms with Gasteiger partial charge in [-0.3, -0.25) is 0 Å². The van der Waals surface area contributed by atoms with Crippen LogP contribution in [0.25, 0.3) is 0 Å². The summed E-state index contributed by atoms with van der Waals surface area (Å²) in [5, 5.41) is 8.49. The number of hydrogen-bond donors (Lipinski definition) is 1. The molecule has 0 aliphatic carbocycles. The zero-order valence-electron chi connectivity index (χ0n) is 14.3. The van der Waals surface area contributed by atoms with Crippen molar-refractivity contribution in [1.82, 2.24) is 0 Å². The van der Waals surface area contributed by atoms with E-state index >= 15 is 0 Å². The maximum atomic E-state index is 5.88. The van der Waals surface area contributed by atoms with Crippen LogP contribution in [0.4, 0.5) is 0 Å². The maximum absolute atomic E-state index is 5.88. The zero-order valence-corrected chi connectivity index (χ0v) is 15.1. The lowest BCUT2D eigenvalue weighted by Gasteiger charge is -2.11. The molecule has 0 saturated carbocycles. The third kappa shape index (κ3) is 6.18. The molecule has 2 aromatic carbocycles. The second-order valence-electron chi connectivity index (χ2n) is 5.51. The number of amidine groups is 1. The highest BCUT2D eigenvalue weighted by Gasteiger charge is 2.16. The summed E-state index contributed by atoms with van der Waals surface area (Å²) in [5.74, 6) is 1.49. The maximum Gasteiger partial charge on any atom is 0.191 e. The molecule has 3 rings (SSSR count). The van der Waals surface area contributed by atoms with Gasteiger partial charge in [-0.2, -0.15) is 5.10 Å². The first-order valence-corrected chi connectivity index (χ1v) is 9.27. The Morgan fingerprint density at radius 1 is 1.15 bits per heavy atom. The molecule has 0 spiro atoms. The van der Waals surface area contributed by atoms with Crippen molar-refractivity contribution in [2.24, 2.45) is 15.9 Å². The minimum Gasteiger partial charge on any atom is -0.488 e. The van der Waals surface area contributed by atoms with E-state index in [9.17, 15) is 0 Å². The Balaban J connectivity index is 1.48. The molecular formula is C19H21N3O3S. The predicted octanol–water partition coefficient (Wildman–Crippen LogP) is 3.02. The SMILES string of the molecule is NC(=NN=Cc1cccc(OCC2OCCO2)c1)SCc1ccccc1. The molecule has 0 radical (unpaired) electrons. The molecule has 0 aromatic heterocycles. The Morgan fingerprint density at radius 3 is 2.77 bits per heavy atom. The van der Waals surface area contributed by atoms with Gasteiger partial charge < -0.3 is 19.9 Å². The molecule has 1 fully saturated rings. The molecule has 0 unspecified atom stereocenters. The van der Waals surface area contributed by atoms with Gasteiger partial charge in [0.15, 0.2) is 11.5 Å². The summed E-state index contributed by atoms with van der Waals surface area (Å²) >= 11 is 1.45. The molecule has 0 atom stereocenters. The van der Waals surface area contributed by atoms with Crippen LogP contribution in [-0.2, 0) is 15.2 Å². The molecule has 0 bridgehead atoms. The van der Waals surface area contributed by atoms with Crippen LogP contribution in [0, 0.1) is 0 Å². The molecule has 1 aliphatic rings. The number of nitrogens with zero attached hydrogens (tertiary/aromatic N) is 2. The highest BCUT2D eigenvalue weighted by Crippen LogP contribution is 2.15. The van der Waals surface area contributed by atoms with E-state index < -0.39 is 0 Å². The lowest BCUT2D eigenvalue weighted by atomic mass is 10.2. The van der Waals surface area contributed by atoms with Gasteiger partial charge in [0.1, 0.15) is 12.4 Å². The fourth-order valence-electron chi connectivity index (χ4n) is 2.27. The Kier molecular flexibility index (Phi) is 7.06. The summed E-state index contributed by atoms with van der Waals surface area (Å²) in [6.07, 6.45) is 1.35. The average Bonchev–Trinajstić information content (AvgIpc) is 3.20. The molecule has 7 heteroatoms. The van der Waals surface area contributed by atoms with Gasteiger partial charge >= 0.3 is 0 Å². The summed E-state index contributed by atoms with van der Waals surface area (Å²) < 4.78 is 16.4. The van der Waals surface area contributed by atoms with E-state index in [4.69, 9.17) is 19.9 Å². The van der Waals surface area contributed by atoms with Crippen LogP contribution in [0.2, 0.25) is 0 Å². The van der Waals surface area contributed by atoms with Crippen molar-refractivity contribution >= 4 is 23.1 Å². The number of thioether (sulfide) groups is 1. The number of ether oxygens (including phenoxy) is 3. The van der Waals surface area contributed by atoms with Crippen LogP contribution in [-0.4, -0.2) is 37.5 Å². The van der Waals surface area contributed by atoms with Crippen LogP contribution < -0.4 is 10.5 Å². The fraction of sp³-hybridized carbons (Fsp3) is 0.263. The van der Waals surface area contributed by atoms with Crippen molar-refractivity contribution in [2.45, 2.75) is 12.0 Å². The summed E-state index contributed by atoms with van der Waals surface area (Å²) in [7, 11) is 0. The molecular weight excluding hydrogens is 350 g/mol. The molecule has 6 nitrogen and oxygen atoms in total. The predicted molar refractivity (Wildman–Crippen MR) is 105 cm³/mol. The first kappa shape index (κ1) is 18.4. The lowest BCUT2D eigenvalue weighted by Crippen LogP contribution is -2.18. The van der Waals surface area contributed by atoms with Crippen molar-refractivity contribution < 1.29 is 14.2 Å². The van der Waals surface area contributed by atoms with Crippen LogP contribution in [0.15, 0.2) is 64.8 Å². The molecule has 1 aliphatic heterocycles. The van der Waals surface area contributed by atoms with Gasteiger partial charge in [0.25, 0.3) is 0 Å². The number of benzene rings is 2. The Hall–Kier alpha value is -2.35. The topological polar surface area (TPSA) is 78.4 Å². The van der Waals surface area contributed by atoms with Crippen LogP contribution in [0.5, 0.6) is 5.75 Å². The smallest absolute Gasteiger partial charge is 0.191 e. The lowest BCUT2D eigenvalue weighted by molar-refractivity contribution is -0.0684. The van der Waals surface area contributed by atoms with Gasteiger partial charge in [0, 0.05) is 5.75 Å². The van der Waals surface area contributed by atoms with Crippen molar-refractivity contribution in [2.75, 3.05) is 19.8 Å². The van der Waals surface area contributed by atoms with E-state index in [1.807, 2.05) is 42.5 Å². The first-order valence-electron chi connectivity index (χ1n) is 8.29. The number of hydrogen-bond acceptors (Lipinski definition) is 6. The van der Waals surface area contributed by atoms with E-state index in [2.05, 4.69) is 22.3 Å². The molecule has 26 heavy (non-hydrogen) atoms. The van der Waals surface area contributed by atoms with E-state index in [1.54, 1.807) is 6.21 Å². The van der Waals surface area contributed by atoms with Crippen LogP contribution in [0.3, 0.4) is 0 Å². The van der Waals surface area contributed by atoms with Crippen molar-refractivity contribution in [1.29, 1.82) is 0 Å². The monoisotopic (exact) mass is 371 g/mol. The molecule has 2 aromatic rings. The van der Waals surface area contributed by atoms with Gasteiger partial charge in [-0.25, -0.2) is 0 Å². The summed E-state index contributed by atoms with van der Waals surface area (Å²) in [5.41, 5.74) is 7.95. The minimum absolute atomic E-state index is 0.293. The van der Waals surface area contributed by atoms with Gasteiger partial charge in [-0.15, -0.1) is 5.10 Å². The van der Waals surface area contributed by atoms with Crippen molar-refractivity contribution in [3.63, 3.8) is 0 Å². The largest absolute Gasteiger partial charge is 0.488 e. The summed E-state index contributed by atoms with van der Waals surface area (Å²) in [6, 6.07) is 17.7. The highest BCUT2D eigenvalue weighted by molar-refractivity contribution is 8.13. The van der Waals surface area contributed by atoms with Crippen LogP contribution >= 0.6 is 11.8 Å². The highest BCUT2D eigenvalue weighted by atomic mass is 32.2. The van der Waals surface area contributed by atoms with E-state index in [0.717, 1.165) is 17.1 Å². The summed E-state index contributed by atoms with van der Waals surface area (Å²) in [6.45, 7) is 1.59. The molecule has 136 valence electrons. The van der Waals surface area contributed by atoms with E-state index in [-0.39, 0.29) is 6.29 Å². The first-order chi connectivity index (χ1) is 12.8. The number of nitrogens with two attached hydrogens (primary N) is 1. The van der Waals surface area contributed by atoms with Gasteiger partial charge in [-0.05, 0) is 23.3 Å². The summed E-state index contributed by atoms with van der Waals surface area (Å²) in [4.78, 5) is 0. The Labute approximate surface area is 157 Å². The third-order valence-corrected chi connectivity index (χ3v) is 4.38. The standard InChI is InChI=1S/C19H21N3O3S/c20-19(26-14-15-5-2-1-3-6-15)22-21-12-16-7-4-8-17(11-16)25-13-18-23-9-10-24-18/h1-8,11-12,18H,9-10,13-14H2,(H2,20,22). The molecule has 0 amide bonds. The van der Waals surface area contributed by atoms with Crippen LogP contribution in [0.1, 0.15) is 11.1 Å². The van der Waals surface area contributed by atoms with Gasteiger partial charge in [0.05, 0.1) is 19.4 Å². The molecule has 1 saturated heterocycles. The number of rotatable bonds is 7. The quantitative estimate of drug-likeness (QED) is 0.460. The van der Waals surface area contributed by atoms with E-state index in [1.165, 1.54) is 17.3 Å². The van der Waals surface area contributed by atoms with Gasteiger partial charge in [0.2, 0.25) is 0 Å². The van der Waals surface area contributed by atoms with Crippen molar-refractivity contribution in [3.8, 4) is 5.75 Å². The van der Waals surface area contributed by atoms with Gasteiger partial charge in [-0.1, -0.05) is 54.2 Å². The minimum atomic E-state index is -0.293. The molecule has 1 heterocycles. The average molecular weight is 371 g/mol. The van der Waals surface area contributed by atoms with E-state index in [0.29, 0.717) is 25.0 Å². The second kappa shape index (κ2) is 9.96. The fourth-order valence-corrected chi connectivity index (χ4v) is 2.88. The zero-order chi connectivity index (χ0) is 18.0. The second-order valence-corrected chi connectivity index (χ2v) is 6.51. The Morgan fingerprint density at radius 2 is 1.96 bits per heavy atom. The third-order valence-electron chi connectivity index (χ3n) is 3.53. The normalized spacial score (nSPS) is 15.6. The molecule has 2 N–H and O–H groups in total. The Bertz CT molecular complexity index is 747.